The zero-order valence-corrected chi connectivity index (χ0v) is 28.2. The minimum absolute atomic E-state index is 0.384. The van der Waals surface area contributed by atoms with Crippen molar-refractivity contribution >= 4 is 24.0 Å². The van der Waals surface area contributed by atoms with E-state index in [0.717, 1.165) is 17.2 Å². The van der Waals surface area contributed by atoms with Gasteiger partial charge in [0.2, 0.25) is 5.91 Å². The molecule has 2 heterocycles. The number of hydrogen-bond acceptors (Lipinski definition) is 13. The monoisotopic (exact) mass is 716 g/mol. The predicted octanol–water partition coefficient (Wildman–Crippen LogP) is -0.434. The SMILES string of the molecule is COC1OC(CO)C(O)C(O)C1N.COC1OC(CO)C(O)C(O)C1NC(=O)/C=C/C=C/c1ccccc1.O=C(O)/C=C/C=C/c1ccccc1. The van der Waals surface area contributed by atoms with E-state index in [0.29, 0.717) is 0 Å². The van der Waals surface area contributed by atoms with Crippen LogP contribution < -0.4 is 11.1 Å². The molecule has 10 unspecified atom stereocenters. The fraction of sp³-hybridized carbons (Fsp3) is 0.389. The number of nitrogens with two attached hydrogens (primary N) is 1. The Hall–Kier alpha value is -4.10. The first-order valence-corrected chi connectivity index (χ1v) is 15.9. The lowest BCUT2D eigenvalue weighted by molar-refractivity contribution is -0.262. The van der Waals surface area contributed by atoms with Gasteiger partial charge in [-0.05, 0) is 11.1 Å². The summed E-state index contributed by atoms with van der Waals surface area (Å²) >= 11 is 0. The summed E-state index contributed by atoms with van der Waals surface area (Å²) in [6, 6.07) is 17.5. The molecular weight excluding hydrogens is 668 g/mol. The number of benzene rings is 2. The van der Waals surface area contributed by atoms with E-state index in [9.17, 15) is 30.0 Å². The van der Waals surface area contributed by atoms with Gasteiger partial charge in [0, 0.05) is 26.4 Å². The van der Waals surface area contributed by atoms with Gasteiger partial charge in [-0.25, -0.2) is 4.79 Å². The minimum atomic E-state index is -1.33. The Morgan fingerprint density at radius 2 is 1.16 bits per heavy atom. The fourth-order valence-corrected chi connectivity index (χ4v) is 4.71. The molecule has 51 heavy (non-hydrogen) atoms. The molecule has 0 aliphatic carbocycles. The molecule has 0 aromatic heterocycles. The molecule has 2 aliphatic heterocycles. The summed E-state index contributed by atoms with van der Waals surface area (Å²) < 4.78 is 20.3. The Morgan fingerprint density at radius 3 is 1.61 bits per heavy atom. The second-order valence-corrected chi connectivity index (χ2v) is 11.1. The number of nitrogens with one attached hydrogen (secondary N) is 1. The number of methoxy groups -OCH3 is 2. The van der Waals surface area contributed by atoms with Crippen LogP contribution in [-0.4, -0.2) is 136 Å². The minimum Gasteiger partial charge on any atom is -0.478 e. The summed E-state index contributed by atoms with van der Waals surface area (Å²) in [5, 5.41) is 67.6. The molecule has 0 spiro atoms. The van der Waals surface area contributed by atoms with Crippen molar-refractivity contribution in [3.05, 3.63) is 108 Å². The summed E-state index contributed by atoms with van der Waals surface area (Å²) in [6.07, 6.45) is 3.98. The number of carbonyl (C=O) groups excluding carboxylic acids is 1. The molecule has 0 bridgehead atoms. The predicted molar refractivity (Wildman–Crippen MR) is 186 cm³/mol. The number of hydrogen-bond donors (Lipinski definition) is 9. The van der Waals surface area contributed by atoms with Crippen molar-refractivity contribution in [2.24, 2.45) is 5.73 Å². The molecule has 2 fully saturated rings. The van der Waals surface area contributed by atoms with Crippen LogP contribution in [0.3, 0.4) is 0 Å². The van der Waals surface area contributed by atoms with E-state index in [4.69, 9.17) is 40.0 Å². The first-order chi connectivity index (χ1) is 24.5. The van der Waals surface area contributed by atoms with Gasteiger partial charge in [0.15, 0.2) is 12.6 Å². The number of amides is 1. The number of aliphatic hydroxyl groups excluding tert-OH is 6. The smallest absolute Gasteiger partial charge is 0.328 e. The Morgan fingerprint density at radius 1 is 0.706 bits per heavy atom. The van der Waals surface area contributed by atoms with Crippen molar-refractivity contribution in [3.63, 3.8) is 0 Å². The molecule has 280 valence electrons. The standard InChI is InChI=1S/C18H23NO6.C11H10O2.C7H15NO5/c1-24-18-15(17(23)16(22)13(11-20)25-18)19-14(21)10-6-5-9-12-7-3-2-4-8-12;12-11(13)9-5-4-8-10-6-2-1-3-7-10;1-12-7-4(8)6(11)5(10)3(2-9)13-7/h2-10,13,15-18,20,22-23H,11H2,1H3,(H,19,21);1-9H,(H,12,13);3-7,9-11H,2,8H2,1H3/b9-5+,10-6+;8-4+,9-5+;. The van der Waals surface area contributed by atoms with Gasteiger partial charge in [-0.15, -0.1) is 0 Å². The molecular formula is C36H48N2O13. The Balaban J connectivity index is 0.000000292. The lowest BCUT2D eigenvalue weighted by Gasteiger charge is -2.41. The van der Waals surface area contributed by atoms with Crippen molar-refractivity contribution < 1.29 is 64.3 Å². The summed E-state index contributed by atoms with van der Waals surface area (Å²) in [5.41, 5.74) is 7.55. The van der Waals surface area contributed by atoms with Crippen LogP contribution in [0.15, 0.2) is 97.1 Å². The molecule has 2 aromatic carbocycles. The number of ether oxygens (including phenoxy) is 4. The van der Waals surface area contributed by atoms with Crippen molar-refractivity contribution in [2.45, 2.75) is 61.3 Å². The Bertz CT molecular complexity index is 1380. The van der Waals surface area contributed by atoms with E-state index >= 15 is 0 Å². The molecule has 15 nitrogen and oxygen atoms in total. The van der Waals surface area contributed by atoms with Crippen LogP contribution >= 0.6 is 0 Å². The topological polar surface area (TPSA) is 251 Å². The van der Waals surface area contributed by atoms with E-state index < -0.39 is 79.8 Å². The molecule has 1 amide bonds. The van der Waals surface area contributed by atoms with Crippen LogP contribution in [0.25, 0.3) is 12.2 Å². The maximum Gasteiger partial charge on any atom is 0.328 e. The molecule has 4 rings (SSSR count). The Labute approximate surface area is 296 Å². The van der Waals surface area contributed by atoms with E-state index in [1.165, 1.54) is 26.4 Å². The molecule has 2 aliphatic rings. The van der Waals surface area contributed by atoms with Gasteiger partial charge in [0.05, 0.1) is 19.3 Å². The van der Waals surface area contributed by atoms with Crippen molar-refractivity contribution in [1.82, 2.24) is 5.32 Å². The molecule has 15 heteroatoms. The number of carbonyl (C=O) groups is 2. The van der Waals surface area contributed by atoms with Gasteiger partial charge in [0.1, 0.15) is 42.7 Å². The highest BCUT2D eigenvalue weighted by Crippen LogP contribution is 2.22. The third-order valence-corrected chi connectivity index (χ3v) is 7.47. The first-order valence-electron chi connectivity index (χ1n) is 15.9. The zero-order chi connectivity index (χ0) is 37.8. The van der Waals surface area contributed by atoms with Gasteiger partial charge >= 0.3 is 5.97 Å². The van der Waals surface area contributed by atoms with E-state index in [1.807, 2.05) is 72.8 Å². The quantitative estimate of drug-likeness (QED) is 0.106. The molecule has 2 aromatic rings. The maximum atomic E-state index is 12.0. The average Bonchev–Trinajstić information content (AvgIpc) is 3.14. The van der Waals surface area contributed by atoms with Crippen LogP contribution in [0.1, 0.15) is 11.1 Å². The fourth-order valence-electron chi connectivity index (χ4n) is 4.71. The van der Waals surface area contributed by atoms with Crippen molar-refractivity contribution in [2.75, 3.05) is 27.4 Å². The number of aliphatic hydroxyl groups is 6. The Kier molecular flexibility index (Phi) is 19.7. The average molecular weight is 717 g/mol. The lowest BCUT2D eigenvalue weighted by Crippen LogP contribution is -2.64. The van der Waals surface area contributed by atoms with Gasteiger partial charge in [-0.3, -0.25) is 4.79 Å². The maximum absolute atomic E-state index is 12.0. The summed E-state index contributed by atoms with van der Waals surface area (Å²) in [5.74, 6) is -1.40. The molecule has 0 radical (unpaired) electrons. The molecule has 0 saturated carbocycles. The number of carboxylic acids is 1. The lowest BCUT2D eigenvalue weighted by atomic mass is 9.97. The molecule has 10 N–H and O–H groups in total. The second-order valence-electron chi connectivity index (χ2n) is 11.1. The zero-order valence-electron chi connectivity index (χ0n) is 28.2. The van der Waals surface area contributed by atoms with E-state index in [-0.39, 0.29) is 6.61 Å². The van der Waals surface area contributed by atoms with Crippen LogP contribution in [0.5, 0.6) is 0 Å². The normalized spacial score (nSPS) is 29.4. The largest absolute Gasteiger partial charge is 0.478 e. The number of allylic oxidation sites excluding steroid dienone is 4. The first kappa shape index (κ1) is 43.1. The van der Waals surface area contributed by atoms with Crippen LogP contribution in [-0.2, 0) is 28.5 Å². The van der Waals surface area contributed by atoms with Gasteiger partial charge in [-0.1, -0.05) is 97.1 Å². The summed E-state index contributed by atoms with van der Waals surface area (Å²) in [7, 11) is 2.73. The molecule has 2 saturated heterocycles. The third kappa shape index (κ3) is 14.6. The number of rotatable bonds is 11. The van der Waals surface area contributed by atoms with Gasteiger partial charge in [-0.2, -0.15) is 0 Å². The van der Waals surface area contributed by atoms with E-state index in [2.05, 4.69) is 5.32 Å². The number of carboxylic acid groups (broad SMARTS) is 1. The highest BCUT2D eigenvalue weighted by molar-refractivity contribution is 5.88. The third-order valence-electron chi connectivity index (χ3n) is 7.47. The highest BCUT2D eigenvalue weighted by Gasteiger charge is 2.45. The van der Waals surface area contributed by atoms with Crippen LogP contribution in [0, 0.1) is 0 Å². The van der Waals surface area contributed by atoms with E-state index in [1.54, 1.807) is 18.2 Å². The van der Waals surface area contributed by atoms with Gasteiger partial charge < -0.3 is 65.7 Å². The van der Waals surface area contributed by atoms with Crippen molar-refractivity contribution in [1.29, 1.82) is 0 Å². The summed E-state index contributed by atoms with van der Waals surface area (Å²) in [4.78, 5) is 22.1. The van der Waals surface area contributed by atoms with Crippen molar-refractivity contribution in [3.8, 4) is 0 Å². The van der Waals surface area contributed by atoms with Crippen LogP contribution in [0.2, 0.25) is 0 Å². The molecule has 10 atom stereocenters. The summed E-state index contributed by atoms with van der Waals surface area (Å²) in [6.45, 7) is -0.853. The number of aliphatic carboxylic acids is 1. The van der Waals surface area contributed by atoms with Crippen LogP contribution in [0.4, 0.5) is 0 Å². The van der Waals surface area contributed by atoms with Gasteiger partial charge in [0.25, 0.3) is 0 Å². The highest BCUT2D eigenvalue weighted by atomic mass is 16.7. The second kappa shape index (κ2) is 23.4.